The Balaban J connectivity index is 1.76. The van der Waals surface area contributed by atoms with Crippen LogP contribution in [0.3, 0.4) is 0 Å². The van der Waals surface area contributed by atoms with Crippen molar-refractivity contribution >= 4 is 21.4 Å². The van der Waals surface area contributed by atoms with Gasteiger partial charge in [0.25, 0.3) is 0 Å². The van der Waals surface area contributed by atoms with Crippen LogP contribution >= 0.6 is 0 Å². The van der Waals surface area contributed by atoms with Gasteiger partial charge in [0.1, 0.15) is 28.2 Å². The second kappa shape index (κ2) is 9.64. The topological polar surface area (TPSA) is 113 Å². The van der Waals surface area contributed by atoms with Crippen LogP contribution < -0.4 is 24.8 Å². The maximum absolute atomic E-state index is 12.6. The molecule has 9 heteroatoms. The Labute approximate surface area is 247 Å². The molecule has 8 nitrogen and oxygen atoms in total. The summed E-state index contributed by atoms with van der Waals surface area (Å²) in [7, 11) is -4.79. The number of rotatable bonds is 6. The summed E-state index contributed by atoms with van der Waals surface area (Å²) in [5.41, 5.74) is 4.26. The fourth-order valence-electron chi connectivity index (χ4n) is 7.14. The highest BCUT2D eigenvalue weighted by Crippen LogP contribution is 2.50. The highest BCUT2D eigenvalue weighted by molar-refractivity contribution is 7.85. The molecule has 3 aromatic rings. The minimum Gasteiger partial charge on any atom is -0.744 e. The fraction of sp³-hybridized carbons (Fsp3) is 0.424. The van der Waals surface area contributed by atoms with E-state index in [1.165, 1.54) is 6.07 Å². The van der Waals surface area contributed by atoms with Gasteiger partial charge in [-0.05, 0) is 51.5 Å². The van der Waals surface area contributed by atoms with Crippen molar-refractivity contribution in [2.45, 2.75) is 69.4 Å². The molecule has 0 bridgehead atoms. The highest BCUT2D eigenvalue weighted by atomic mass is 32.2. The lowest BCUT2D eigenvalue weighted by Crippen LogP contribution is -2.40. The van der Waals surface area contributed by atoms with Gasteiger partial charge in [-0.15, -0.1) is 0 Å². The van der Waals surface area contributed by atoms with Gasteiger partial charge >= 0.3 is 0 Å². The molecule has 0 aliphatic carbocycles. The molecule has 2 atom stereocenters. The molecule has 0 saturated heterocycles. The summed E-state index contributed by atoms with van der Waals surface area (Å²) in [5.74, 6) is 1.11. The van der Waals surface area contributed by atoms with E-state index in [2.05, 4.69) is 63.2 Å². The maximum atomic E-state index is 12.6. The first kappa shape index (κ1) is 28.9. The third-order valence-corrected chi connectivity index (χ3v) is 11.0. The maximum Gasteiger partial charge on any atom is 0.208 e. The van der Waals surface area contributed by atoms with Crippen molar-refractivity contribution in [3.8, 4) is 11.5 Å². The van der Waals surface area contributed by atoms with E-state index in [9.17, 15) is 23.2 Å². The minimum atomic E-state index is -4.79. The molecule has 3 heterocycles. The third kappa shape index (κ3) is 4.05. The van der Waals surface area contributed by atoms with Crippen LogP contribution in [0.4, 0.5) is 5.69 Å². The van der Waals surface area contributed by atoms with Crippen molar-refractivity contribution in [3.05, 3.63) is 81.4 Å². The zero-order valence-corrected chi connectivity index (χ0v) is 25.7. The Bertz CT molecular complexity index is 1860. The highest BCUT2D eigenvalue weighted by Gasteiger charge is 2.46. The molecule has 3 aliphatic heterocycles. The molecule has 3 aliphatic rings. The number of aliphatic hydroxyl groups is 2. The van der Waals surface area contributed by atoms with Crippen molar-refractivity contribution in [2.75, 3.05) is 31.2 Å². The Morgan fingerprint density at radius 2 is 1.64 bits per heavy atom. The minimum absolute atomic E-state index is 0.00748. The van der Waals surface area contributed by atoms with E-state index in [0.29, 0.717) is 35.7 Å². The molecule has 6 rings (SSSR count). The number of fused-ring (bicyclic) bond motifs is 4. The van der Waals surface area contributed by atoms with Crippen molar-refractivity contribution in [3.63, 3.8) is 0 Å². The van der Waals surface area contributed by atoms with Gasteiger partial charge in [0.05, 0.1) is 23.0 Å². The van der Waals surface area contributed by atoms with Crippen LogP contribution in [0, 0.1) is 0 Å². The lowest BCUT2D eigenvalue weighted by atomic mass is 9.78. The first-order valence-corrected chi connectivity index (χ1v) is 15.9. The molecule has 0 amide bonds. The van der Waals surface area contributed by atoms with Crippen molar-refractivity contribution in [2.24, 2.45) is 0 Å². The molecule has 0 saturated carbocycles. The normalized spacial score (nSPS) is 21.5. The summed E-state index contributed by atoms with van der Waals surface area (Å²) in [6.07, 6.45) is 0. The van der Waals surface area contributed by atoms with Crippen LogP contribution in [-0.4, -0.2) is 61.6 Å². The molecule has 0 radical (unpaired) electrons. The van der Waals surface area contributed by atoms with E-state index < -0.39 is 10.1 Å². The number of aliphatic hydroxyl groups excluding tert-OH is 2. The van der Waals surface area contributed by atoms with Gasteiger partial charge < -0.3 is 24.4 Å². The number of anilines is 1. The van der Waals surface area contributed by atoms with Crippen molar-refractivity contribution in [1.82, 2.24) is 4.58 Å². The van der Waals surface area contributed by atoms with Gasteiger partial charge in [-0.25, -0.2) is 13.0 Å². The molecule has 0 spiro atoms. The zero-order valence-electron chi connectivity index (χ0n) is 24.9. The van der Waals surface area contributed by atoms with E-state index in [4.69, 9.17) is 4.74 Å². The molecule has 0 unspecified atom stereocenters. The van der Waals surface area contributed by atoms with Crippen LogP contribution in [0.25, 0.3) is 5.57 Å². The average molecular weight is 591 g/mol. The first-order valence-electron chi connectivity index (χ1n) is 14.5. The number of nitrogens with zero attached hydrogens (tertiary/aromatic N) is 2. The summed E-state index contributed by atoms with van der Waals surface area (Å²) >= 11 is 0. The Morgan fingerprint density at radius 1 is 0.929 bits per heavy atom. The Morgan fingerprint density at radius 3 is 2.31 bits per heavy atom. The number of hydrogen-bond acceptors (Lipinski definition) is 7. The number of β-amino-alcohol motifs (C(OH)–C–C–N with tert-alkyl or cyclic N) is 2. The van der Waals surface area contributed by atoms with E-state index in [-0.39, 0.29) is 41.0 Å². The van der Waals surface area contributed by atoms with Gasteiger partial charge in [-0.2, -0.15) is 0 Å². The number of hydrogen-bond donors (Lipinski definition) is 2. The monoisotopic (exact) mass is 590 g/mol. The van der Waals surface area contributed by atoms with Gasteiger partial charge in [0.15, 0.2) is 12.6 Å². The second-order valence-corrected chi connectivity index (χ2v) is 14.1. The van der Waals surface area contributed by atoms with Gasteiger partial charge in [-0.3, -0.25) is 0 Å². The molecule has 0 aromatic heterocycles. The first-order chi connectivity index (χ1) is 19.7. The quantitative estimate of drug-likeness (QED) is 0.262. The van der Waals surface area contributed by atoms with Crippen molar-refractivity contribution in [1.29, 1.82) is 0 Å². The van der Waals surface area contributed by atoms with E-state index in [1.54, 1.807) is 18.2 Å². The van der Waals surface area contributed by atoms with Gasteiger partial charge in [0, 0.05) is 57.2 Å². The third-order valence-electron chi connectivity index (χ3n) is 10.1. The predicted molar refractivity (Wildman–Crippen MR) is 161 cm³/mol. The molecular weight excluding hydrogens is 552 g/mol. The molecule has 0 fully saturated rings. The van der Waals surface area contributed by atoms with E-state index >= 15 is 0 Å². The summed E-state index contributed by atoms with van der Waals surface area (Å²) in [5, 5.41) is 21.4. The standard InChI is InChI=1S/C33H38N2O6S/c1-19-32(3,4)24-15-22-28(17-26(24)34(19)11-13-36)41-29-18-27-25(33(5,6)20(2)35(27)12-14-37)16-23(29)31(22)21-9-7-8-10-30(21)42(38,39)40/h7-10,15-20,36-37H,11-14H2,1-6H3/t19-,20-/m1/s1. The summed E-state index contributed by atoms with van der Waals surface area (Å²) in [6, 6.07) is 14.7. The fourth-order valence-corrected chi connectivity index (χ4v) is 7.82. The Kier molecular flexibility index (Phi) is 6.62. The summed E-state index contributed by atoms with van der Waals surface area (Å²) in [4.78, 5) is 1.91. The van der Waals surface area contributed by atoms with E-state index in [0.717, 1.165) is 33.0 Å². The molecule has 2 N–H and O–H groups in total. The number of benzene rings is 3. The predicted octanol–water partition coefficient (Wildman–Crippen LogP) is 2.59. The van der Waals surface area contributed by atoms with Crippen molar-refractivity contribution < 1.29 is 27.9 Å². The van der Waals surface area contributed by atoms with Crippen LogP contribution in [0.1, 0.15) is 63.8 Å². The SMILES string of the molecule is C[C@H]1N(CCO)c2cc3c(cc2C1(C)C)C(c1ccccc1S(=O)(=O)[O-])=c1cc2c(cc1O3)=[N+](CCO)[C@H](C)C2(C)C. The average Bonchev–Trinajstić information content (AvgIpc) is 3.23. The molecular formula is C33H38N2O6S. The summed E-state index contributed by atoms with van der Waals surface area (Å²) in [6.45, 7) is 13.9. The Hall–Kier alpha value is -3.24. The van der Waals surface area contributed by atoms with Crippen LogP contribution in [0.2, 0.25) is 0 Å². The molecule has 42 heavy (non-hydrogen) atoms. The molecule has 3 aromatic carbocycles. The zero-order chi connectivity index (χ0) is 30.4. The molecule has 222 valence electrons. The van der Waals surface area contributed by atoms with E-state index in [1.807, 2.05) is 12.1 Å². The lowest BCUT2D eigenvalue weighted by molar-refractivity contribution is 0.257. The van der Waals surface area contributed by atoms with Crippen LogP contribution in [-0.2, 0) is 20.9 Å². The second-order valence-electron chi connectivity index (χ2n) is 12.8. The van der Waals surface area contributed by atoms with Crippen LogP contribution in [0.15, 0.2) is 53.4 Å². The van der Waals surface area contributed by atoms with Gasteiger partial charge in [-0.1, -0.05) is 32.0 Å². The van der Waals surface area contributed by atoms with Gasteiger partial charge in [0.2, 0.25) is 5.36 Å². The number of ether oxygens (including phenoxy) is 1. The van der Waals surface area contributed by atoms with Crippen LogP contribution in [0.5, 0.6) is 11.5 Å². The summed E-state index contributed by atoms with van der Waals surface area (Å²) < 4.78 is 46.5. The lowest BCUT2D eigenvalue weighted by Gasteiger charge is -2.31. The largest absolute Gasteiger partial charge is 0.744 e. The smallest absolute Gasteiger partial charge is 0.208 e.